The molecule has 0 bridgehead atoms. The molecule has 0 aliphatic carbocycles. The summed E-state index contributed by atoms with van der Waals surface area (Å²) in [5.41, 5.74) is 1.08. The Morgan fingerprint density at radius 1 is 1.30 bits per heavy atom. The van der Waals surface area contributed by atoms with Crippen molar-refractivity contribution in [2.24, 2.45) is 0 Å². The van der Waals surface area contributed by atoms with Crippen molar-refractivity contribution in [1.29, 1.82) is 0 Å². The predicted octanol–water partition coefficient (Wildman–Crippen LogP) is 2.02. The van der Waals surface area contributed by atoms with Gasteiger partial charge in [0.25, 0.3) is 0 Å². The molecule has 2 aliphatic heterocycles. The second kappa shape index (κ2) is 6.02. The zero-order valence-electron chi connectivity index (χ0n) is 12.0. The lowest BCUT2D eigenvalue weighted by molar-refractivity contribution is 0.0996. The fourth-order valence-corrected chi connectivity index (χ4v) is 3.27. The molecule has 1 fully saturated rings. The standard InChI is InChI=1S/C16H23NO3/c1-19-12-5-6-15-13(9-12)14(11-18)16(20-15)10-17-7-3-2-4-8-17/h5-6,9,14,16,18H,2-4,7-8,10-11H2,1H3. The molecule has 1 aromatic carbocycles. The first-order chi connectivity index (χ1) is 9.81. The summed E-state index contributed by atoms with van der Waals surface area (Å²) in [5, 5.41) is 9.74. The van der Waals surface area contributed by atoms with Gasteiger partial charge in [-0.3, -0.25) is 4.90 Å². The van der Waals surface area contributed by atoms with Gasteiger partial charge in [-0.2, -0.15) is 0 Å². The van der Waals surface area contributed by atoms with Gasteiger partial charge >= 0.3 is 0 Å². The highest BCUT2D eigenvalue weighted by molar-refractivity contribution is 5.46. The third-order valence-corrected chi connectivity index (χ3v) is 4.43. The molecule has 3 rings (SSSR count). The molecule has 1 saturated heterocycles. The minimum absolute atomic E-state index is 0.0557. The van der Waals surface area contributed by atoms with Gasteiger partial charge < -0.3 is 14.6 Å². The molecule has 4 heteroatoms. The molecule has 0 aromatic heterocycles. The predicted molar refractivity (Wildman–Crippen MR) is 77.5 cm³/mol. The van der Waals surface area contributed by atoms with Gasteiger partial charge in [-0.15, -0.1) is 0 Å². The van der Waals surface area contributed by atoms with Gasteiger partial charge in [-0.1, -0.05) is 6.42 Å². The van der Waals surface area contributed by atoms with E-state index in [0.717, 1.165) is 36.7 Å². The summed E-state index contributed by atoms with van der Waals surface area (Å²) in [6, 6.07) is 5.86. The number of hydrogen-bond donors (Lipinski definition) is 1. The van der Waals surface area contributed by atoms with Crippen molar-refractivity contribution in [3.05, 3.63) is 23.8 Å². The Kier molecular flexibility index (Phi) is 4.13. The first kappa shape index (κ1) is 13.7. The number of rotatable bonds is 4. The van der Waals surface area contributed by atoms with Crippen molar-refractivity contribution in [3.63, 3.8) is 0 Å². The highest BCUT2D eigenvalue weighted by Crippen LogP contribution is 2.40. The maximum Gasteiger partial charge on any atom is 0.123 e. The fraction of sp³-hybridized carbons (Fsp3) is 0.625. The van der Waals surface area contributed by atoms with Crippen molar-refractivity contribution in [2.45, 2.75) is 31.3 Å². The van der Waals surface area contributed by atoms with Gasteiger partial charge in [0.05, 0.1) is 13.7 Å². The summed E-state index contributed by atoms with van der Waals surface area (Å²) in [4.78, 5) is 2.46. The third-order valence-electron chi connectivity index (χ3n) is 4.43. The van der Waals surface area contributed by atoms with Gasteiger partial charge in [-0.05, 0) is 44.1 Å². The lowest BCUT2D eigenvalue weighted by Crippen LogP contribution is -2.40. The van der Waals surface area contributed by atoms with Crippen LogP contribution in [0.2, 0.25) is 0 Å². The Hall–Kier alpha value is -1.26. The molecule has 1 aromatic rings. The van der Waals surface area contributed by atoms with Crippen LogP contribution in [0.1, 0.15) is 30.7 Å². The minimum Gasteiger partial charge on any atom is -0.497 e. The van der Waals surface area contributed by atoms with Crippen LogP contribution in [-0.4, -0.2) is 49.5 Å². The van der Waals surface area contributed by atoms with E-state index in [9.17, 15) is 5.11 Å². The smallest absolute Gasteiger partial charge is 0.123 e. The highest BCUT2D eigenvalue weighted by atomic mass is 16.5. The monoisotopic (exact) mass is 277 g/mol. The van der Waals surface area contributed by atoms with Crippen molar-refractivity contribution in [2.75, 3.05) is 33.4 Å². The Balaban J connectivity index is 1.74. The lowest BCUT2D eigenvalue weighted by Gasteiger charge is -2.30. The van der Waals surface area contributed by atoms with Crippen molar-refractivity contribution < 1.29 is 14.6 Å². The number of hydrogen-bond acceptors (Lipinski definition) is 4. The number of methoxy groups -OCH3 is 1. The first-order valence-electron chi connectivity index (χ1n) is 7.49. The van der Waals surface area contributed by atoms with Crippen molar-refractivity contribution in [1.82, 2.24) is 4.90 Å². The molecule has 2 aliphatic rings. The Morgan fingerprint density at radius 3 is 2.80 bits per heavy atom. The van der Waals surface area contributed by atoms with Crippen LogP contribution in [0.15, 0.2) is 18.2 Å². The molecule has 0 saturated carbocycles. The summed E-state index contributed by atoms with van der Waals surface area (Å²) in [5.74, 6) is 1.78. The van der Waals surface area contributed by atoms with E-state index in [-0.39, 0.29) is 18.6 Å². The molecule has 1 N–H and O–H groups in total. The molecule has 2 heterocycles. The summed E-state index contributed by atoms with van der Waals surface area (Å²) in [7, 11) is 1.66. The molecule has 20 heavy (non-hydrogen) atoms. The Morgan fingerprint density at radius 2 is 2.10 bits per heavy atom. The summed E-state index contributed by atoms with van der Waals surface area (Å²) in [6.45, 7) is 3.33. The molecular formula is C16H23NO3. The number of nitrogens with zero attached hydrogens (tertiary/aromatic N) is 1. The van der Waals surface area contributed by atoms with Crippen LogP contribution in [0.25, 0.3) is 0 Å². The normalized spacial score (nSPS) is 26.1. The second-order valence-electron chi connectivity index (χ2n) is 5.71. The molecule has 4 nitrogen and oxygen atoms in total. The van der Waals surface area contributed by atoms with Crippen LogP contribution in [0.3, 0.4) is 0 Å². The SMILES string of the molecule is COc1ccc2c(c1)C(CO)C(CN1CCCCC1)O2. The maximum absolute atomic E-state index is 9.74. The first-order valence-corrected chi connectivity index (χ1v) is 7.49. The molecule has 2 atom stereocenters. The van der Waals surface area contributed by atoms with Crippen LogP contribution in [-0.2, 0) is 0 Å². The summed E-state index contributed by atoms with van der Waals surface area (Å²) >= 11 is 0. The zero-order chi connectivity index (χ0) is 13.9. The number of benzene rings is 1. The molecular weight excluding hydrogens is 254 g/mol. The second-order valence-corrected chi connectivity index (χ2v) is 5.71. The zero-order valence-corrected chi connectivity index (χ0v) is 12.0. The Labute approximate surface area is 120 Å². The fourth-order valence-electron chi connectivity index (χ4n) is 3.27. The molecule has 0 spiro atoms. The minimum atomic E-state index is 0.0557. The summed E-state index contributed by atoms with van der Waals surface area (Å²) in [6.07, 6.45) is 3.94. The topological polar surface area (TPSA) is 41.9 Å². The number of ether oxygens (including phenoxy) is 2. The summed E-state index contributed by atoms with van der Waals surface area (Å²) < 4.78 is 11.3. The van der Waals surface area contributed by atoms with Crippen LogP contribution < -0.4 is 9.47 Å². The van der Waals surface area contributed by atoms with Gasteiger partial charge in [0.15, 0.2) is 0 Å². The van der Waals surface area contributed by atoms with Crippen LogP contribution >= 0.6 is 0 Å². The van der Waals surface area contributed by atoms with Crippen LogP contribution in [0, 0.1) is 0 Å². The van der Waals surface area contributed by atoms with Crippen molar-refractivity contribution in [3.8, 4) is 11.5 Å². The lowest BCUT2D eigenvalue weighted by atomic mass is 9.95. The van der Waals surface area contributed by atoms with E-state index in [1.54, 1.807) is 7.11 Å². The Bertz CT molecular complexity index is 457. The molecule has 0 amide bonds. The van der Waals surface area contributed by atoms with E-state index in [0.29, 0.717) is 0 Å². The van der Waals surface area contributed by atoms with Crippen LogP contribution in [0.4, 0.5) is 0 Å². The van der Waals surface area contributed by atoms with E-state index < -0.39 is 0 Å². The highest BCUT2D eigenvalue weighted by Gasteiger charge is 2.35. The largest absolute Gasteiger partial charge is 0.497 e. The van der Waals surface area contributed by atoms with E-state index in [1.807, 2.05) is 18.2 Å². The van der Waals surface area contributed by atoms with Crippen molar-refractivity contribution >= 4 is 0 Å². The number of piperidine rings is 1. The van der Waals surface area contributed by atoms with E-state index in [1.165, 1.54) is 19.3 Å². The number of aliphatic hydroxyl groups excluding tert-OH is 1. The average Bonchev–Trinajstić information content (AvgIpc) is 2.84. The third kappa shape index (κ3) is 2.63. The quantitative estimate of drug-likeness (QED) is 0.914. The maximum atomic E-state index is 9.74. The van der Waals surface area contributed by atoms with E-state index in [4.69, 9.17) is 9.47 Å². The van der Waals surface area contributed by atoms with Crippen LogP contribution in [0.5, 0.6) is 11.5 Å². The average molecular weight is 277 g/mol. The van der Waals surface area contributed by atoms with E-state index >= 15 is 0 Å². The number of aliphatic hydroxyl groups is 1. The van der Waals surface area contributed by atoms with E-state index in [2.05, 4.69) is 4.90 Å². The molecule has 2 unspecified atom stereocenters. The molecule has 0 radical (unpaired) electrons. The van der Waals surface area contributed by atoms with Gasteiger partial charge in [0.1, 0.15) is 17.6 Å². The van der Waals surface area contributed by atoms with Gasteiger partial charge in [0, 0.05) is 18.0 Å². The number of likely N-dealkylation sites (tertiary alicyclic amines) is 1. The molecule has 110 valence electrons. The van der Waals surface area contributed by atoms with Gasteiger partial charge in [-0.25, -0.2) is 0 Å². The van der Waals surface area contributed by atoms with Gasteiger partial charge in [0.2, 0.25) is 0 Å². The number of fused-ring (bicyclic) bond motifs is 1.